The number of nitrogens with zero attached hydrogens (tertiary/aromatic N) is 2. The highest BCUT2D eigenvalue weighted by molar-refractivity contribution is 6.34. The third kappa shape index (κ3) is 5.63. The maximum Gasteiger partial charge on any atom is 0.338 e. The van der Waals surface area contributed by atoms with Crippen molar-refractivity contribution in [2.24, 2.45) is 0 Å². The molecule has 1 heterocycles. The molecule has 12 nitrogen and oxygen atoms in total. The monoisotopic (exact) mass is 593 g/mol. The van der Waals surface area contributed by atoms with E-state index in [9.17, 15) is 34.1 Å². The second-order valence-corrected chi connectivity index (χ2v) is 9.67. The summed E-state index contributed by atoms with van der Waals surface area (Å²) in [5.74, 6) is -3.46. The summed E-state index contributed by atoms with van der Waals surface area (Å²) in [5, 5.41) is 14.1. The van der Waals surface area contributed by atoms with Crippen LogP contribution in [0.15, 0.2) is 84.9 Å². The van der Waals surface area contributed by atoms with E-state index in [0.717, 1.165) is 16.5 Å². The molecule has 4 aromatic carbocycles. The van der Waals surface area contributed by atoms with Gasteiger partial charge >= 0.3 is 11.7 Å². The molecule has 1 N–H and O–H groups in total. The Morgan fingerprint density at radius 3 is 2.30 bits per heavy atom. The third-order valence-corrected chi connectivity index (χ3v) is 6.91. The fourth-order valence-corrected chi connectivity index (χ4v) is 4.60. The zero-order valence-corrected chi connectivity index (χ0v) is 23.4. The number of nitro groups is 1. The van der Waals surface area contributed by atoms with E-state index < -0.39 is 46.7 Å². The summed E-state index contributed by atoms with van der Waals surface area (Å²) in [6, 6.07) is 20.6. The number of anilines is 2. The van der Waals surface area contributed by atoms with Crippen LogP contribution in [0.3, 0.4) is 0 Å². The molecule has 220 valence electrons. The summed E-state index contributed by atoms with van der Waals surface area (Å²) in [4.78, 5) is 76.1. The second kappa shape index (κ2) is 12.0. The number of benzene rings is 4. The lowest BCUT2D eigenvalue weighted by Gasteiger charge is -2.15. The highest BCUT2D eigenvalue weighted by atomic mass is 16.6. The Kier molecular flexibility index (Phi) is 7.98. The maximum absolute atomic E-state index is 13.3. The summed E-state index contributed by atoms with van der Waals surface area (Å²) < 4.78 is 10.0. The first kappa shape index (κ1) is 29.3. The van der Waals surface area contributed by atoms with Crippen LogP contribution >= 0.6 is 0 Å². The Morgan fingerprint density at radius 1 is 0.841 bits per heavy atom. The number of nitrogens with one attached hydrogen (secondary N) is 1. The molecule has 3 amide bonds. The molecule has 0 unspecified atom stereocenters. The van der Waals surface area contributed by atoms with E-state index in [2.05, 4.69) is 5.32 Å². The minimum absolute atomic E-state index is 0.0350. The number of esters is 1. The van der Waals surface area contributed by atoms with Crippen molar-refractivity contribution in [2.75, 3.05) is 23.9 Å². The summed E-state index contributed by atoms with van der Waals surface area (Å²) in [5.41, 5.74) is 1.27. The number of hydrogen-bond acceptors (Lipinski definition) is 9. The highest BCUT2D eigenvalue weighted by Gasteiger charge is 2.37. The topological polar surface area (TPSA) is 162 Å². The smallest absolute Gasteiger partial charge is 0.338 e. The number of para-hydroxylation sites is 1. The predicted molar refractivity (Wildman–Crippen MR) is 157 cm³/mol. The molecule has 0 saturated carbocycles. The van der Waals surface area contributed by atoms with Gasteiger partial charge in [0.1, 0.15) is 0 Å². The molecule has 0 saturated heterocycles. The molecule has 1 aliphatic rings. The molecule has 0 radical (unpaired) electrons. The summed E-state index contributed by atoms with van der Waals surface area (Å²) in [6.07, 6.45) is 0. The number of methoxy groups -OCH3 is 1. The van der Waals surface area contributed by atoms with Crippen molar-refractivity contribution in [2.45, 2.75) is 6.92 Å². The zero-order valence-electron chi connectivity index (χ0n) is 23.4. The first-order valence-electron chi connectivity index (χ1n) is 13.1. The number of imide groups is 1. The van der Waals surface area contributed by atoms with Gasteiger partial charge < -0.3 is 14.8 Å². The van der Waals surface area contributed by atoms with Crippen LogP contribution in [0, 0.1) is 17.0 Å². The third-order valence-electron chi connectivity index (χ3n) is 6.91. The van der Waals surface area contributed by atoms with Crippen LogP contribution in [0.1, 0.15) is 57.4 Å². The molecule has 12 heteroatoms. The number of amides is 3. The molecule has 0 bridgehead atoms. The van der Waals surface area contributed by atoms with Gasteiger partial charge in [-0.05, 0) is 67.1 Å². The number of carbonyl (C=O) groups excluding carboxylic acids is 5. The van der Waals surface area contributed by atoms with E-state index in [1.165, 1.54) is 49.6 Å². The fraction of sp³-hybridized carbons (Fsp3) is 0.0938. The van der Waals surface area contributed by atoms with E-state index in [1.807, 2.05) is 19.1 Å². The van der Waals surface area contributed by atoms with Crippen LogP contribution in [0.4, 0.5) is 17.1 Å². The van der Waals surface area contributed by atoms with Crippen molar-refractivity contribution in [1.29, 1.82) is 0 Å². The lowest BCUT2D eigenvalue weighted by atomic mass is 10.1. The summed E-state index contributed by atoms with van der Waals surface area (Å²) >= 11 is 0. The van der Waals surface area contributed by atoms with Gasteiger partial charge in [0, 0.05) is 22.9 Å². The molecule has 5 rings (SSSR count). The fourth-order valence-electron chi connectivity index (χ4n) is 4.60. The molecule has 0 atom stereocenters. The lowest BCUT2D eigenvalue weighted by molar-refractivity contribution is -0.385. The molecule has 0 aromatic heterocycles. The highest BCUT2D eigenvalue weighted by Crippen LogP contribution is 2.31. The molecule has 0 aliphatic carbocycles. The van der Waals surface area contributed by atoms with Crippen LogP contribution in [-0.2, 0) is 4.74 Å². The summed E-state index contributed by atoms with van der Waals surface area (Å²) in [6.45, 7) is 1.12. The van der Waals surface area contributed by atoms with E-state index >= 15 is 0 Å². The predicted octanol–water partition coefficient (Wildman–Crippen LogP) is 5.00. The minimum Gasteiger partial charge on any atom is -0.490 e. The van der Waals surface area contributed by atoms with Gasteiger partial charge in [0.25, 0.3) is 17.7 Å². The number of ketones is 1. The quantitative estimate of drug-likeness (QED) is 0.0925. The molecular weight excluding hydrogens is 570 g/mol. The lowest BCUT2D eigenvalue weighted by Crippen LogP contribution is -2.29. The largest absolute Gasteiger partial charge is 0.490 e. The minimum atomic E-state index is -0.947. The van der Waals surface area contributed by atoms with Gasteiger partial charge in [-0.1, -0.05) is 24.3 Å². The van der Waals surface area contributed by atoms with Crippen molar-refractivity contribution in [3.63, 3.8) is 0 Å². The van der Waals surface area contributed by atoms with Gasteiger partial charge in [-0.25, -0.2) is 9.69 Å². The van der Waals surface area contributed by atoms with Gasteiger partial charge in [-0.2, -0.15) is 0 Å². The number of fused-ring (bicyclic) bond motifs is 1. The van der Waals surface area contributed by atoms with Crippen LogP contribution < -0.4 is 15.0 Å². The van der Waals surface area contributed by atoms with Crippen molar-refractivity contribution in [1.82, 2.24) is 0 Å². The van der Waals surface area contributed by atoms with E-state index in [1.54, 1.807) is 24.3 Å². The van der Waals surface area contributed by atoms with Crippen LogP contribution in [0.25, 0.3) is 0 Å². The standard InChI is InChI=1S/C32H23N3O9/c1-18-6-3-4-9-25(18)33-29(37)20-7-5-8-22(14-20)34-30(38)23-12-10-21(15-24(23)31(34)39)32(40)44-17-27(36)19-11-13-28(43-2)26(16-19)35(41)42/h3-16H,17H2,1-2H3,(H,33,37). The first-order chi connectivity index (χ1) is 21.1. The number of hydrogen-bond donors (Lipinski definition) is 1. The molecular formula is C32H23N3O9. The van der Waals surface area contributed by atoms with Crippen LogP contribution in [0.5, 0.6) is 5.75 Å². The average Bonchev–Trinajstić information content (AvgIpc) is 3.28. The Balaban J connectivity index is 1.30. The van der Waals surface area contributed by atoms with Gasteiger partial charge in [-0.15, -0.1) is 0 Å². The molecule has 1 aliphatic heterocycles. The molecule has 4 aromatic rings. The van der Waals surface area contributed by atoms with Gasteiger partial charge in [0.2, 0.25) is 5.78 Å². The Bertz CT molecular complexity index is 1880. The number of nitro benzene ring substituents is 1. The van der Waals surface area contributed by atoms with Crippen molar-refractivity contribution in [3.8, 4) is 5.75 Å². The normalized spacial score (nSPS) is 12.0. The molecule has 44 heavy (non-hydrogen) atoms. The number of carbonyl (C=O) groups is 5. The van der Waals surface area contributed by atoms with E-state index in [4.69, 9.17) is 9.47 Å². The Labute approximate surface area is 250 Å². The van der Waals surface area contributed by atoms with Crippen molar-refractivity contribution < 1.29 is 38.4 Å². The average molecular weight is 594 g/mol. The van der Waals surface area contributed by atoms with E-state index in [-0.39, 0.29) is 39.3 Å². The zero-order chi connectivity index (χ0) is 31.5. The van der Waals surface area contributed by atoms with Crippen LogP contribution in [0.2, 0.25) is 0 Å². The van der Waals surface area contributed by atoms with Crippen molar-refractivity contribution >= 4 is 46.5 Å². The summed E-state index contributed by atoms with van der Waals surface area (Å²) in [7, 11) is 1.25. The number of rotatable bonds is 9. The van der Waals surface area contributed by atoms with Gasteiger partial charge in [0.05, 0.1) is 34.4 Å². The van der Waals surface area contributed by atoms with Crippen LogP contribution in [-0.4, -0.2) is 48.1 Å². The maximum atomic E-state index is 13.3. The Morgan fingerprint density at radius 2 is 1.57 bits per heavy atom. The SMILES string of the molecule is COc1ccc(C(=O)COC(=O)c2ccc3c(c2)C(=O)N(c2cccc(C(=O)Nc4ccccc4C)c2)C3=O)cc1[N+](=O)[O-]. The number of Topliss-reactive ketones (excluding diaryl/α,β-unsaturated/α-hetero) is 1. The number of ether oxygens (including phenoxy) is 2. The first-order valence-corrected chi connectivity index (χ1v) is 13.1. The Hall–Kier alpha value is -6.17. The second-order valence-electron chi connectivity index (χ2n) is 9.67. The van der Waals surface area contributed by atoms with E-state index in [0.29, 0.717) is 5.69 Å². The molecule has 0 fully saturated rings. The number of aryl methyl sites for hydroxylation is 1. The van der Waals surface area contributed by atoms with Gasteiger partial charge in [-0.3, -0.25) is 29.3 Å². The van der Waals surface area contributed by atoms with Crippen molar-refractivity contribution in [3.05, 3.63) is 128 Å². The molecule has 0 spiro atoms. The van der Waals surface area contributed by atoms with Gasteiger partial charge in [0.15, 0.2) is 12.4 Å².